The van der Waals surface area contributed by atoms with Crippen LogP contribution in [-0.2, 0) is 14.8 Å². The fourth-order valence-corrected chi connectivity index (χ4v) is 3.62. The fraction of sp³-hybridized carbons (Fsp3) is 0.600. The van der Waals surface area contributed by atoms with Gasteiger partial charge in [0.05, 0.1) is 24.7 Å². The Morgan fingerprint density at radius 3 is 2.67 bits per heavy atom. The van der Waals surface area contributed by atoms with Crippen LogP contribution in [0.5, 0.6) is 0 Å². The summed E-state index contributed by atoms with van der Waals surface area (Å²) in [4.78, 5) is 2.26. The second-order valence-corrected chi connectivity index (χ2v) is 7.55. The van der Waals surface area contributed by atoms with Crippen LogP contribution < -0.4 is 4.31 Å². The van der Waals surface area contributed by atoms with Crippen LogP contribution in [0.15, 0.2) is 24.3 Å². The van der Waals surface area contributed by atoms with Crippen molar-refractivity contribution in [2.24, 2.45) is 0 Å². The highest BCUT2D eigenvalue weighted by Gasteiger charge is 2.19. The van der Waals surface area contributed by atoms with E-state index in [1.807, 2.05) is 31.2 Å². The molecular formula is C15H24N2O3S. The molecule has 21 heavy (non-hydrogen) atoms. The highest BCUT2D eigenvalue weighted by Crippen LogP contribution is 2.18. The highest BCUT2D eigenvalue weighted by atomic mass is 32.2. The number of sulfonamides is 1. The molecule has 0 N–H and O–H groups in total. The highest BCUT2D eigenvalue weighted by molar-refractivity contribution is 7.92. The lowest BCUT2D eigenvalue weighted by atomic mass is 10.2. The topological polar surface area (TPSA) is 49.9 Å². The first-order valence-corrected chi connectivity index (χ1v) is 8.93. The largest absolute Gasteiger partial charge is 0.379 e. The molecule has 118 valence electrons. The molecule has 0 aromatic heterocycles. The van der Waals surface area contributed by atoms with E-state index < -0.39 is 10.0 Å². The molecule has 0 aliphatic carbocycles. The van der Waals surface area contributed by atoms with E-state index in [0.717, 1.165) is 44.1 Å². The van der Waals surface area contributed by atoms with Gasteiger partial charge < -0.3 is 4.74 Å². The number of ether oxygens (including phenoxy) is 1. The number of hydrogen-bond acceptors (Lipinski definition) is 4. The Morgan fingerprint density at radius 2 is 2.00 bits per heavy atom. The van der Waals surface area contributed by atoms with E-state index >= 15 is 0 Å². The zero-order valence-corrected chi connectivity index (χ0v) is 13.6. The molecule has 0 unspecified atom stereocenters. The van der Waals surface area contributed by atoms with Crippen molar-refractivity contribution in [1.82, 2.24) is 4.90 Å². The van der Waals surface area contributed by atoms with Gasteiger partial charge in [-0.1, -0.05) is 12.1 Å². The van der Waals surface area contributed by atoms with Crippen molar-refractivity contribution in [3.05, 3.63) is 29.8 Å². The summed E-state index contributed by atoms with van der Waals surface area (Å²) in [6, 6.07) is 7.55. The molecule has 0 spiro atoms. The van der Waals surface area contributed by atoms with Crippen LogP contribution in [0.4, 0.5) is 5.69 Å². The number of morpholine rings is 1. The average Bonchev–Trinajstić information content (AvgIpc) is 2.47. The Hall–Kier alpha value is -1.11. The molecule has 0 radical (unpaired) electrons. The lowest BCUT2D eigenvalue weighted by Crippen LogP contribution is -2.38. The van der Waals surface area contributed by atoms with E-state index in [9.17, 15) is 8.42 Å². The van der Waals surface area contributed by atoms with E-state index in [4.69, 9.17) is 4.74 Å². The molecule has 1 aromatic carbocycles. The van der Waals surface area contributed by atoms with Gasteiger partial charge in [-0.2, -0.15) is 0 Å². The number of anilines is 1. The lowest BCUT2D eigenvalue weighted by molar-refractivity contribution is 0.0381. The molecule has 0 amide bonds. The molecule has 1 heterocycles. The number of nitrogens with zero attached hydrogens (tertiary/aromatic N) is 2. The second-order valence-electron chi connectivity index (χ2n) is 5.43. The van der Waals surface area contributed by atoms with Gasteiger partial charge in [0.15, 0.2) is 0 Å². The van der Waals surface area contributed by atoms with Gasteiger partial charge >= 0.3 is 0 Å². The summed E-state index contributed by atoms with van der Waals surface area (Å²) in [5, 5.41) is 0. The van der Waals surface area contributed by atoms with Crippen LogP contribution in [0.1, 0.15) is 12.0 Å². The third-order valence-corrected chi connectivity index (χ3v) is 5.61. The normalized spacial score (nSPS) is 16.9. The van der Waals surface area contributed by atoms with Gasteiger partial charge in [-0.15, -0.1) is 0 Å². The zero-order chi connectivity index (χ0) is 15.3. The van der Waals surface area contributed by atoms with E-state index in [0.29, 0.717) is 6.42 Å². The minimum absolute atomic E-state index is 0.175. The van der Waals surface area contributed by atoms with E-state index in [2.05, 4.69) is 4.90 Å². The van der Waals surface area contributed by atoms with Gasteiger partial charge in [-0.3, -0.25) is 9.21 Å². The Balaban J connectivity index is 1.88. The van der Waals surface area contributed by atoms with Crippen LogP contribution in [-0.4, -0.2) is 59.0 Å². The monoisotopic (exact) mass is 312 g/mol. The third-order valence-electron chi connectivity index (χ3n) is 3.76. The Morgan fingerprint density at radius 1 is 1.29 bits per heavy atom. The maximum Gasteiger partial charge on any atom is 0.234 e. The lowest BCUT2D eigenvalue weighted by Gasteiger charge is -2.27. The quantitative estimate of drug-likeness (QED) is 0.798. The summed E-state index contributed by atoms with van der Waals surface area (Å²) >= 11 is 0. The van der Waals surface area contributed by atoms with Crippen molar-refractivity contribution in [3.63, 3.8) is 0 Å². The van der Waals surface area contributed by atoms with E-state index in [-0.39, 0.29) is 5.75 Å². The Bertz CT molecular complexity index is 554. The maximum atomic E-state index is 12.4. The van der Waals surface area contributed by atoms with Gasteiger partial charge in [-0.05, 0) is 37.6 Å². The van der Waals surface area contributed by atoms with E-state index in [1.54, 1.807) is 7.05 Å². The predicted molar refractivity (Wildman–Crippen MR) is 85.2 cm³/mol. The first-order chi connectivity index (χ1) is 9.99. The second kappa shape index (κ2) is 7.24. The molecule has 0 saturated carbocycles. The van der Waals surface area contributed by atoms with Crippen molar-refractivity contribution >= 4 is 15.7 Å². The van der Waals surface area contributed by atoms with Crippen LogP contribution in [0.25, 0.3) is 0 Å². The minimum Gasteiger partial charge on any atom is -0.379 e. The van der Waals surface area contributed by atoms with Crippen molar-refractivity contribution in [2.75, 3.05) is 50.0 Å². The van der Waals surface area contributed by atoms with Crippen molar-refractivity contribution < 1.29 is 13.2 Å². The third kappa shape index (κ3) is 4.69. The predicted octanol–water partition coefficient (Wildman–Crippen LogP) is 1.48. The first-order valence-electron chi connectivity index (χ1n) is 7.32. The van der Waals surface area contributed by atoms with E-state index in [1.165, 1.54) is 4.31 Å². The summed E-state index contributed by atoms with van der Waals surface area (Å²) < 4.78 is 31.4. The molecule has 1 aliphatic heterocycles. The number of aryl methyl sites for hydroxylation is 1. The van der Waals surface area contributed by atoms with Crippen LogP contribution in [0.2, 0.25) is 0 Å². The van der Waals surface area contributed by atoms with Gasteiger partial charge in [0, 0.05) is 20.1 Å². The molecule has 0 bridgehead atoms. The van der Waals surface area contributed by atoms with Crippen LogP contribution >= 0.6 is 0 Å². The summed E-state index contributed by atoms with van der Waals surface area (Å²) in [7, 11) is -1.63. The summed E-state index contributed by atoms with van der Waals surface area (Å²) in [5.41, 5.74) is 1.78. The van der Waals surface area contributed by atoms with Gasteiger partial charge in [0.2, 0.25) is 10.0 Å². The minimum atomic E-state index is -3.26. The van der Waals surface area contributed by atoms with Crippen molar-refractivity contribution in [1.29, 1.82) is 0 Å². The molecule has 1 aliphatic rings. The summed E-state index contributed by atoms with van der Waals surface area (Å²) in [5.74, 6) is 0.175. The molecule has 0 atom stereocenters. The van der Waals surface area contributed by atoms with Crippen LogP contribution in [0.3, 0.4) is 0 Å². The van der Waals surface area contributed by atoms with Crippen LogP contribution in [0, 0.1) is 6.92 Å². The fourth-order valence-electron chi connectivity index (χ4n) is 2.42. The van der Waals surface area contributed by atoms with Crippen molar-refractivity contribution in [2.45, 2.75) is 13.3 Å². The summed E-state index contributed by atoms with van der Waals surface area (Å²) in [6.45, 7) is 6.06. The Kier molecular flexibility index (Phi) is 5.61. The molecule has 5 nitrogen and oxygen atoms in total. The average molecular weight is 312 g/mol. The zero-order valence-electron chi connectivity index (χ0n) is 12.8. The smallest absolute Gasteiger partial charge is 0.234 e. The molecule has 6 heteroatoms. The van der Waals surface area contributed by atoms with Gasteiger partial charge in [0.25, 0.3) is 0 Å². The molecule has 1 fully saturated rings. The SMILES string of the molecule is Cc1cccc(N(C)S(=O)(=O)CCCN2CCOCC2)c1. The molecular weight excluding hydrogens is 288 g/mol. The first kappa shape index (κ1) is 16.3. The van der Waals surface area contributed by atoms with Gasteiger partial charge in [0.1, 0.15) is 0 Å². The summed E-state index contributed by atoms with van der Waals surface area (Å²) in [6.07, 6.45) is 0.651. The molecule has 2 rings (SSSR count). The number of benzene rings is 1. The standard InChI is InChI=1S/C15H24N2O3S/c1-14-5-3-6-15(13-14)16(2)21(18,19)12-4-7-17-8-10-20-11-9-17/h3,5-6,13H,4,7-12H2,1-2H3. The maximum absolute atomic E-state index is 12.4. The molecule has 1 saturated heterocycles. The number of hydrogen-bond donors (Lipinski definition) is 0. The Labute approximate surface area is 127 Å². The van der Waals surface area contributed by atoms with Gasteiger partial charge in [-0.25, -0.2) is 8.42 Å². The number of rotatable bonds is 6. The molecule has 1 aromatic rings. The van der Waals surface area contributed by atoms with Crippen molar-refractivity contribution in [3.8, 4) is 0 Å².